The Morgan fingerprint density at radius 3 is 2.61 bits per heavy atom. The van der Waals surface area contributed by atoms with Gasteiger partial charge in [0.1, 0.15) is 5.82 Å². The predicted molar refractivity (Wildman–Crippen MR) is 131 cm³/mol. The van der Waals surface area contributed by atoms with E-state index in [-0.39, 0.29) is 6.61 Å². The Hall–Kier alpha value is -2.74. The molecule has 4 N–H and O–H groups in total. The summed E-state index contributed by atoms with van der Waals surface area (Å²) >= 11 is 0. The zero-order valence-corrected chi connectivity index (χ0v) is 19.4. The minimum atomic E-state index is -1.50. The molecule has 1 aromatic carbocycles. The molecule has 1 fully saturated rings. The normalized spacial score (nSPS) is 20.5. The van der Waals surface area contributed by atoms with E-state index >= 15 is 0 Å². The monoisotopic (exact) mass is 450 g/mol. The van der Waals surface area contributed by atoms with Gasteiger partial charge in [0, 0.05) is 30.5 Å². The number of benzene rings is 1. The molecule has 0 spiro atoms. The van der Waals surface area contributed by atoms with E-state index in [0.717, 1.165) is 42.0 Å². The van der Waals surface area contributed by atoms with Crippen molar-refractivity contribution in [3.63, 3.8) is 0 Å². The van der Waals surface area contributed by atoms with Crippen molar-refractivity contribution in [2.24, 2.45) is 5.92 Å². The summed E-state index contributed by atoms with van der Waals surface area (Å²) in [7, 11) is 0. The van der Waals surface area contributed by atoms with Crippen LogP contribution in [0.4, 0.5) is 5.82 Å². The van der Waals surface area contributed by atoms with Crippen LogP contribution in [0.25, 0.3) is 22.5 Å². The van der Waals surface area contributed by atoms with Crippen LogP contribution < -0.4 is 5.32 Å². The molecule has 33 heavy (non-hydrogen) atoms. The van der Waals surface area contributed by atoms with E-state index < -0.39 is 5.79 Å². The van der Waals surface area contributed by atoms with Gasteiger partial charge in [0.05, 0.1) is 5.69 Å². The van der Waals surface area contributed by atoms with Crippen LogP contribution in [0.2, 0.25) is 0 Å². The Labute approximate surface area is 194 Å². The summed E-state index contributed by atoms with van der Waals surface area (Å²) in [4.78, 5) is 4.50. The molecule has 0 amide bonds. The first-order valence-electron chi connectivity index (χ1n) is 11.8. The molecule has 1 saturated carbocycles. The Morgan fingerprint density at radius 1 is 1.12 bits per heavy atom. The van der Waals surface area contributed by atoms with Crippen LogP contribution in [0.5, 0.6) is 0 Å². The van der Waals surface area contributed by atoms with Gasteiger partial charge in [-0.25, -0.2) is 4.98 Å². The summed E-state index contributed by atoms with van der Waals surface area (Å²) < 4.78 is 1.91. The van der Waals surface area contributed by atoms with Crippen LogP contribution in [-0.4, -0.2) is 48.4 Å². The molecule has 0 radical (unpaired) electrons. The number of allylic oxidation sites excluding steroid dienone is 2. The lowest BCUT2D eigenvalue weighted by Crippen LogP contribution is -2.18. The second-order valence-corrected chi connectivity index (χ2v) is 9.53. The molecule has 2 aromatic heterocycles. The molecular formula is C26H34N4O3. The summed E-state index contributed by atoms with van der Waals surface area (Å²) in [6, 6.07) is 13.1. The largest absolute Gasteiger partial charge is 0.396 e. The molecule has 2 unspecified atom stereocenters. The fourth-order valence-electron chi connectivity index (χ4n) is 4.54. The molecule has 0 saturated heterocycles. The van der Waals surface area contributed by atoms with Gasteiger partial charge in [-0.3, -0.25) is 0 Å². The number of fused-ring (bicyclic) bond motifs is 1. The van der Waals surface area contributed by atoms with E-state index in [2.05, 4.69) is 46.7 Å². The molecule has 2 atom stereocenters. The van der Waals surface area contributed by atoms with Crippen LogP contribution in [0.3, 0.4) is 0 Å². The first kappa shape index (κ1) is 23.4. The maximum atomic E-state index is 9.39. The lowest BCUT2D eigenvalue weighted by molar-refractivity contribution is -0.127. The topological polar surface area (TPSA) is 103 Å². The maximum absolute atomic E-state index is 9.39. The van der Waals surface area contributed by atoms with Crippen LogP contribution in [0, 0.1) is 5.92 Å². The van der Waals surface area contributed by atoms with Gasteiger partial charge in [-0.15, -0.1) is 0 Å². The molecular weight excluding hydrogens is 416 g/mol. The van der Waals surface area contributed by atoms with E-state index in [9.17, 15) is 5.11 Å². The van der Waals surface area contributed by atoms with E-state index in [1.807, 2.05) is 16.8 Å². The summed E-state index contributed by atoms with van der Waals surface area (Å²) in [5.41, 5.74) is 5.68. The quantitative estimate of drug-likeness (QED) is 0.434. The van der Waals surface area contributed by atoms with Crippen LogP contribution in [0.1, 0.15) is 57.9 Å². The smallest absolute Gasteiger partial charge is 0.157 e. The SMILES string of the molecule is CC(C)(O)O.OCC1CCC(Nc2ccnc3cc(-c4cccc(C5=CCCC5)c4)nn23)C1. The van der Waals surface area contributed by atoms with Gasteiger partial charge in [-0.05, 0) is 81.6 Å². The fraction of sp³-hybridized carbons (Fsp3) is 0.462. The van der Waals surface area contributed by atoms with Gasteiger partial charge in [0.15, 0.2) is 11.4 Å². The number of aliphatic hydroxyl groups is 3. The molecule has 2 aliphatic carbocycles. The average Bonchev–Trinajstić information content (AvgIpc) is 3.53. The Balaban J connectivity index is 0.000000471. The van der Waals surface area contributed by atoms with Crippen molar-refractivity contribution in [3.05, 3.63) is 54.2 Å². The van der Waals surface area contributed by atoms with Crippen molar-refractivity contribution in [1.29, 1.82) is 0 Å². The Kier molecular flexibility index (Phi) is 7.12. The summed E-state index contributed by atoms with van der Waals surface area (Å²) in [5, 5.41) is 34.0. The fourth-order valence-corrected chi connectivity index (χ4v) is 4.54. The second-order valence-electron chi connectivity index (χ2n) is 9.53. The van der Waals surface area contributed by atoms with Gasteiger partial charge in [-0.1, -0.05) is 24.3 Å². The molecule has 0 bridgehead atoms. The van der Waals surface area contributed by atoms with Crippen LogP contribution >= 0.6 is 0 Å². The van der Waals surface area contributed by atoms with Crippen molar-refractivity contribution in [2.75, 3.05) is 11.9 Å². The van der Waals surface area contributed by atoms with Crippen molar-refractivity contribution < 1.29 is 15.3 Å². The number of aromatic nitrogens is 3. The molecule has 5 rings (SSSR count). The van der Waals surface area contributed by atoms with Gasteiger partial charge in [0.2, 0.25) is 0 Å². The Bertz CT molecular complexity index is 1110. The molecule has 2 aliphatic rings. The standard InChI is InChI=1S/C23H26N4O.C3H8O2/c28-15-16-8-9-20(12-16)25-22-10-11-24-23-14-21(26-27(22)23)19-7-3-6-18(13-19)17-4-1-2-5-17;1-3(2,4)5/h3-4,6-7,10-11,13-14,16,20,25,28H,1-2,5,8-9,12,15H2;4-5H,1-2H3. The van der Waals surface area contributed by atoms with Crippen LogP contribution in [-0.2, 0) is 0 Å². The zero-order valence-electron chi connectivity index (χ0n) is 19.4. The third kappa shape index (κ3) is 6.19. The van der Waals surface area contributed by atoms with E-state index in [1.54, 1.807) is 0 Å². The lowest BCUT2D eigenvalue weighted by atomic mass is 10.0. The van der Waals surface area contributed by atoms with Gasteiger partial charge in [0.25, 0.3) is 0 Å². The zero-order chi connectivity index (χ0) is 23.4. The highest BCUT2D eigenvalue weighted by atomic mass is 16.5. The highest BCUT2D eigenvalue weighted by Gasteiger charge is 2.24. The van der Waals surface area contributed by atoms with Gasteiger partial charge >= 0.3 is 0 Å². The van der Waals surface area contributed by atoms with E-state index in [1.165, 1.54) is 44.2 Å². The number of nitrogens with one attached hydrogen (secondary N) is 1. The van der Waals surface area contributed by atoms with Crippen molar-refractivity contribution in [1.82, 2.24) is 14.6 Å². The molecule has 2 heterocycles. The summed E-state index contributed by atoms with van der Waals surface area (Å²) in [6.07, 6.45) is 11.0. The van der Waals surface area contributed by atoms with E-state index in [4.69, 9.17) is 15.3 Å². The molecule has 3 aromatic rings. The number of anilines is 1. The lowest BCUT2D eigenvalue weighted by Gasteiger charge is -2.14. The summed E-state index contributed by atoms with van der Waals surface area (Å²) in [6.45, 7) is 2.88. The number of nitrogens with zero attached hydrogens (tertiary/aromatic N) is 3. The van der Waals surface area contributed by atoms with Crippen molar-refractivity contribution >= 4 is 17.0 Å². The highest BCUT2D eigenvalue weighted by Crippen LogP contribution is 2.31. The summed E-state index contributed by atoms with van der Waals surface area (Å²) in [5.74, 6) is -0.120. The minimum absolute atomic E-state index is 0.280. The number of hydrogen-bond acceptors (Lipinski definition) is 6. The highest BCUT2D eigenvalue weighted by molar-refractivity contribution is 5.73. The van der Waals surface area contributed by atoms with Gasteiger partial charge in [-0.2, -0.15) is 9.61 Å². The number of hydrogen-bond donors (Lipinski definition) is 4. The third-order valence-electron chi connectivity index (χ3n) is 6.08. The first-order valence-corrected chi connectivity index (χ1v) is 11.8. The first-order chi connectivity index (χ1) is 15.8. The van der Waals surface area contributed by atoms with Gasteiger partial charge < -0.3 is 20.6 Å². The van der Waals surface area contributed by atoms with E-state index in [0.29, 0.717) is 12.0 Å². The number of rotatable bonds is 5. The van der Waals surface area contributed by atoms with Crippen molar-refractivity contribution in [2.45, 2.75) is 64.2 Å². The predicted octanol–water partition coefficient (Wildman–Crippen LogP) is 4.24. The molecule has 7 nitrogen and oxygen atoms in total. The minimum Gasteiger partial charge on any atom is -0.396 e. The Morgan fingerprint density at radius 2 is 1.91 bits per heavy atom. The second kappa shape index (κ2) is 10.0. The maximum Gasteiger partial charge on any atom is 0.157 e. The van der Waals surface area contributed by atoms with Crippen LogP contribution in [0.15, 0.2) is 48.7 Å². The number of aliphatic hydroxyl groups excluding tert-OH is 1. The average molecular weight is 451 g/mol. The molecule has 7 heteroatoms. The molecule has 176 valence electrons. The third-order valence-corrected chi connectivity index (χ3v) is 6.08. The van der Waals surface area contributed by atoms with Crippen molar-refractivity contribution in [3.8, 4) is 11.3 Å². The molecule has 0 aliphatic heterocycles.